The van der Waals surface area contributed by atoms with E-state index in [0.29, 0.717) is 25.9 Å². The largest absolute Gasteiger partial charge is 0.358 e. The lowest BCUT2D eigenvalue weighted by Gasteiger charge is -2.38. The highest BCUT2D eigenvalue weighted by molar-refractivity contribution is 7.72. The lowest BCUT2D eigenvalue weighted by Crippen LogP contribution is -2.43. The zero-order valence-electron chi connectivity index (χ0n) is 13.9. The molecule has 1 aliphatic rings. The van der Waals surface area contributed by atoms with Gasteiger partial charge in [-0.25, -0.2) is 0 Å². The Morgan fingerprint density at radius 3 is 1.83 bits per heavy atom. The maximum absolute atomic E-state index is 11.8. The first kappa shape index (κ1) is 21.3. The van der Waals surface area contributed by atoms with Gasteiger partial charge in [0, 0.05) is 0 Å². The van der Waals surface area contributed by atoms with Gasteiger partial charge in [-0.3, -0.25) is 14.0 Å². The SMILES string of the molecule is CCCCCCCCCCN1CCCC1(P(=O)(O)O)P(=O)(O)O. The van der Waals surface area contributed by atoms with Crippen LogP contribution < -0.4 is 0 Å². The van der Waals surface area contributed by atoms with Gasteiger partial charge in [0.2, 0.25) is 5.02 Å². The second-order valence-corrected chi connectivity index (χ2v) is 10.4. The van der Waals surface area contributed by atoms with Gasteiger partial charge in [0.25, 0.3) is 0 Å². The highest BCUT2D eigenvalue weighted by Crippen LogP contribution is 2.73. The number of rotatable bonds is 11. The first-order valence-electron chi connectivity index (χ1n) is 8.53. The molecule has 0 aromatic carbocycles. The highest BCUT2D eigenvalue weighted by atomic mass is 31.2. The van der Waals surface area contributed by atoms with E-state index in [9.17, 15) is 28.7 Å². The van der Waals surface area contributed by atoms with Crippen LogP contribution in [0, 0.1) is 0 Å². The first-order chi connectivity index (χ1) is 10.7. The number of nitrogens with zero attached hydrogens (tertiary/aromatic N) is 1. The van der Waals surface area contributed by atoms with Gasteiger partial charge < -0.3 is 19.6 Å². The Kier molecular flexibility index (Phi) is 8.42. The van der Waals surface area contributed by atoms with Gasteiger partial charge in [-0.1, -0.05) is 51.9 Å². The minimum absolute atomic E-state index is 0.154. The zero-order valence-corrected chi connectivity index (χ0v) is 15.7. The Hall–Kier alpha value is 0.260. The summed E-state index contributed by atoms with van der Waals surface area (Å²) in [5, 5.41) is -2.30. The quantitative estimate of drug-likeness (QED) is 0.325. The van der Waals surface area contributed by atoms with Crippen LogP contribution in [0.1, 0.15) is 71.1 Å². The molecule has 1 fully saturated rings. The summed E-state index contributed by atoms with van der Waals surface area (Å²) in [6, 6.07) is 0. The molecule has 0 radical (unpaired) electrons. The summed E-state index contributed by atoms with van der Waals surface area (Å²) in [5.74, 6) is 0. The van der Waals surface area contributed by atoms with Crippen molar-refractivity contribution in [2.75, 3.05) is 13.1 Å². The predicted molar refractivity (Wildman–Crippen MR) is 90.2 cm³/mol. The summed E-state index contributed by atoms with van der Waals surface area (Å²) in [6.45, 7) is 2.82. The van der Waals surface area contributed by atoms with E-state index in [1.54, 1.807) is 0 Å². The topological polar surface area (TPSA) is 118 Å². The van der Waals surface area contributed by atoms with E-state index in [1.807, 2.05) is 0 Å². The Bertz CT molecular complexity index is 425. The van der Waals surface area contributed by atoms with Crippen LogP contribution in [-0.4, -0.2) is 42.6 Å². The maximum Gasteiger partial charge on any atom is 0.358 e. The smallest absolute Gasteiger partial charge is 0.323 e. The summed E-state index contributed by atoms with van der Waals surface area (Å²) in [6.07, 6.45) is 8.96. The molecule has 4 N–H and O–H groups in total. The molecule has 1 heterocycles. The number of unbranched alkanes of at least 4 members (excludes halogenated alkanes) is 7. The molecule has 0 saturated carbocycles. The molecule has 1 rings (SSSR count). The number of likely N-dealkylation sites (tertiary alicyclic amines) is 1. The Balaban J connectivity index is 2.49. The van der Waals surface area contributed by atoms with Gasteiger partial charge in [0.05, 0.1) is 0 Å². The third-order valence-corrected chi connectivity index (χ3v) is 9.10. The fourth-order valence-corrected chi connectivity index (χ4v) is 6.79. The highest BCUT2D eigenvalue weighted by Gasteiger charge is 2.65. The van der Waals surface area contributed by atoms with Crippen molar-refractivity contribution >= 4 is 15.2 Å². The zero-order chi connectivity index (χ0) is 17.6. The molecule has 0 bridgehead atoms. The Labute approximate surface area is 138 Å². The van der Waals surface area contributed by atoms with Crippen LogP contribution in [0.5, 0.6) is 0 Å². The van der Waals surface area contributed by atoms with E-state index < -0.39 is 20.2 Å². The van der Waals surface area contributed by atoms with E-state index in [-0.39, 0.29) is 6.42 Å². The van der Waals surface area contributed by atoms with Gasteiger partial charge in [0.1, 0.15) is 0 Å². The molecule has 1 saturated heterocycles. The van der Waals surface area contributed by atoms with Gasteiger partial charge in [-0.15, -0.1) is 0 Å². The average Bonchev–Trinajstić information content (AvgIpc) is 2.86. The summed E-state index contributed by atoms with van der Waals surface area (Å²) in [5.41, 5.74) is 0. The summed E-state index contributed by atoms with van der Waals surface area (Å²) in [7, 11) is -9.87. The summed E-state index contributed by atoms with van der Waals surface area (Å²) >= 11 is 0. The molecule has 0 aromatic rings. The summed E-state index contributed by atoms with van der Waals surface area (Å²) in [4.78, 5) is 39.6. The second kappa shape index (κ2) is 9.10. The van der Waals surface area contributed by atoms with Gasteiger partial charge in [-0.05, 0) is 32.4 Å². The van der Waals surface area contributed by atoms with Crippen molar-refractivity contribution < 1.29 is 28.7 Å². The van der Waals surface area contributed by atoms with E-state index in [2.05, 4.69) is 6.92 Å². The van der Waals surface area contributed by atoms with E-state index in [0.717, 1.165) is 19.3 Å². The van der Waals surface area contributed by atoms with E-state index in [1.165, 1.54) is 30.6 Å². The molecule has 0 spiro atoms. The van der Waals surface area contributed by atoms with Crippen molar-refractivity contribution in [1.82, 2.24) is 4.90 Å². The van der Waals surface area contributed by atoms with E-state index in [4.69, 9.17) is 0 Å². The van der Waals surface area contributed by atoms with Crippen LogP contribution in [0.25, 0.3) is 0 Å². The Morgan fingerprint density at radius 1 is 0.870 bits per heavy atom. The van der Waals surface area contributed by atoms with Crippen molar-refractivity contribution in [2.24, 2.45) is 0 Å². The van der Waals surface area contributed by atoms with Crippen LogP contribution in [0.15, 0.2) is 0 Å². The maximum atomic E-state index is 11.8. The molecule has 1 aliphatic heterocycles. The molecule has 0 aromatic heterocycles. The molecule has 0 amide bonds. The number of hydrogen-bond donors (Lipinski definition) is 4. The van der Waals surface area contributed by atoms with Crippen molar-refractivity contribution in [1.29, 1.82) is 0 Å². The Morgan fingerprint density at radius 2 is 1.35 bits per heavy atom. The van der Waals surface area contributed by atoms with Crippen molar-refractivity contribution in [2.45, 2.75) is 76.2 Å². The third-order valence-electron chi connectivity index (χ3n) is 4.66. The van der Waals surface area contributed by atoms with Crippen LogP contribution in [0.2, 0.25) is 0 Å². The van der Waals surface area contributed by atoms with Gasteiger partial charge in [0.15, 0.2) is 0 Å². The van der Waals surface area contributed by atoms with Crippen LogP contribution in [-0.2, 0) is 9.13 Å². The van der Waals surface area contributed by atoms with Crippen molar-refractivity contribution in [3.8, 4) is 0 Å². The molecule has 7 nitrogen and oxygen atoms in total. The van der Waals surface area contributed by atoms with Crippen LogP contribution in [0.3, 0.4) is 0 Å². The van der Waals surface area contributed by atoms with Crippen molar-refractivity contribution in [3.05, 3.63) is 0 Å². The molecule has 0 unspecified atom stereocenters. The third kappa shape index (κ3) is 5.37. The lowest BCUT2D eigenvalue weighted by atomic mass is 10.1. The average molecular weight is 371 g/mol. The molecular weight excluding hydrogens is 340 g/mol. The molecule has 138 valence electrons. The molecule has 0 atom stereocenters. The molecule has 9 heteroatoms. The molecule has 0 aliphatic carbocycles. The van der Waals surface area contributed by atoms with Crippen LogP contribution in [0.4, 0.5) is 0 Å². The predicted octanol–water partition coefficient (Wildman–Crippen LogP) is 3.23. The summed E-state index contributed by atoms with van der Waals surface area (Å²) < 4.78 is 23.6. The standard InChI is InChI=1S/C14H31NO6P2/c1-2-3-4-5-6-7-8-9-12-15-13-10-11-14(15,22(16,17)18)23(19,20)21/h2-13H2,1H3,(H2,16,17,18)(H2,19,20,21). The minimum Gasteiger partial charge on any atom is -0.323 e. The van der Waals surface area contributed by atoms with Crippen molar-refractivity contribution in [3.63, 3.8) is 0 Å². The van der Waals surface area contributed by atoms with E-state index >= 15 is 0 Å². The lowest BCUT2D eigenvalue weighted by molar-refractivity contribution is 0.192. The first-order valence-corrected chi connectivity index (χ1v) is 11.8. The number of hydrogen-bond acceptors (Lipinski definition) is 3. The second-order valence-electron chi connectivity index (χ2n) is 6.43. The minimum atomic E-state index is -4.93. The fraction of sp³-hybridized carbons (Fsp3) is 1.00. The molecule has 23 heavy (non-hydrogen) atoms. The normalized spacial score (nSPS) is 19.3. The van der Waals surface area contributed by atoms with Gasteiger partial charge in [-0.2, -0.15) is 0 Å². The monoisotopic (exact) mass is 371 g/mol. The molecular formula is C14H31NO6P2. The van der Waals surface area contributed by atoms with Crippen LogP contribution >= 0.6 is 15.2 Å². The fourth-order valence-electron chi connectivity index (χ4n) is 3.40. The van der Waals surface area contributed by atoms with Gasteiger partial charge >= 0.3 is 15.2 Å².